The third-order valence-corrected chi connectivity index (χ3v) is 4.54. The Kier molecular flexibility index (Phi) is 7.09. The molecule has 0 radical (unpaired) electrons. The topological polar surface area (TPSA) is 66.8 Å². The van der Waals surface area contributed by atoms with Crippen LogP contribution in [0.5, 0.6) is 5.75 Å². The SMILES string of the molecule is CN(CCCC(=O)O)C(=O)c1ccc(OCC2CCCCC2)cc1. The smallest absolute Gasteiger partial charge is 0.303 e. The van der Waals surface area contributed by atoms with E-state index in [2.05, 4.69) is 0 Å². The fourth-order valence-electron chi connectivity index (χ4n) is 3.05. The molecule has 0 atom stereocenters. The van der Waals surface area contributed by atoms with Gasteiger partial charge in [0.25, 0.3) is 5.91 Å². The monoisotopic (exact) mass is 333 g/mol. The lowest BCUT2D eigenvalue weighted by Crippen LogP contribution is -2.28. The van der Waals surface area contributed by atoms with Crippen molar-refractivity contribution in [2.75, 3.05) is 20.2 Å². The van der Waals surface area contributed by atoms with Crippen LogP contribution >= 0.6 is 0 Å². The molecule has 0 bridgehead atoms. The number of aliphatic carboxylic acids is 1. The number of hydrogen-bond acceptors (Lipinski definition) is 3. The first-order valence-corrected chi connectivity index (χ1v) is 8.76. The second-order valence-corrected chi connectivity index (χ2v) is 6.56. The lowest BCUT2D eigenvalue weighted by atomic mass is 9.90. The lowest BCUT2D eigenvalue weighted by Gasteiger charge is -2.21. The summed E-state index contributed by atoms with van der Waals surface area (Å²) in [7, 11) is 1.69. The molecule has 1 saturated carbocycles. The van der Waals surface area contributed by atoms with Crippen LogP contribution in [0.1, 0.15) is 55.3 Å². The van der Waals surface area contributed by atoms with Gasteiger partial charge in [0.15, 0.2) is 0 Å². The molecule has 5 heteroatoms. The van der Waals surface area contributed by atoms with Crippen LogP contribution in [0.3, 0.4) is 0 Å². The summed E-state index contributed by atoms with van der Waals surface area (Å²) in [6, 6.07) is 7.21. The number of carboxylic acid groups (broad SMARTS) is 1. The molecule has 0 heterocycles. The first kappa shape index (κ1) is 18.3. The van der Waals surface area contributed by atoms with Crippen molar-refractivity contribution in [1.82, 2.24) is 4.90 Å². The normalized spacial score (nSPS) is 15.0. The third-order valence-electron chi connectivity index (χ3n) is 4.54. The van der Waals surface area contributed by atoms with Crippen LogP contribution in [0.25, 0.3) is 0 Å². The molecule has 0 aliphatic heterocycles. The maximum Gasteiger partial charge on any atom is 0.303 e. The molecule has 1 amide bonds. The lowest BCUT2D eigenvalue weighted by molar-refractivity contribution is -0.137. The molecule has 5 nitrogen and oxygen atoms in total. The summed E-state index contributed by atoms with van der Waals surface area (Å²) in [6.07, 6.45) is 6.97. The van der Waals surface area contributed by atoms with E-state index in [1.807, 2.05) is 12.1 Å². The van der Waals surface area contributed by atoms with Crippen molar-refractivity contribution in [3.8, 4) is 5.75 Å². The van der Waals surface area contributed by atoms with Gasteiger partial charge in [-0.05, 0) is 49.4 Å². The summed E-state index contributed by atoms with van der Waals surface area (Å²) in [5, 5.41) is 8.64. The van der Waals surface area contributed by atoms with Crippen LogP contribution < -0.4 is 4.74 Å². The van der Waals surface area contributed by atoms with E-state index in [1.54, 1.807) is 24.1 Å². The van der Waals surface area contributed by atoms with Crippen molar-refractivity contribution in [2.45, 2.75) is 44.9 Å². The highest BCUT2D eigenvalue weighted by Crippen LogP contribution is 2.24. The minimum absolute atomic E-state index is 0.0750. The quantitative estimate of drug-likeness (QED) is 0.789. The van der Waals surface area contributed by atoms with Gasteiger partial charge in [-0.1, -0.05) is 19.3 Å². The highest BCUT2D eigenvalue weighted by Gasteiger charge is 2.15. The van der Waals surface area contributed by atoms with Crippen molar-refractivity contribution in [3.63, 3.8) is 0 Å². The molecular weight excluding hydrogens is 306 g/mol. The summed E-state index contributed by atoms with van der Waals surface area (Å²) in [6.45, 7) is 1.19. The standard InChI is InChI=1S/C19H27NO4/c1-20(13-5-8-18(21)22)19(23)16-9-11-17(12-10-16)24-14-15-6-3-2-4-7-15/h9-12,15H,2-8,13-14H2,1H3,(H,21,22). The molecular formula is C19H27NO4. The third kappa shape index (κ3) is 5.87. The minimum Gasteiger partial charge on any atom is -0.493 e. The number of benzene rings is 1. The van der Waals surface area contributed by atoms with Crippen LogP contribution in [0.4, 0.5) is 0 Å². The molecule has 24 heavy (non-hydrogen) atoms. The molecule has 1 aromatic rings. The zero-order valence-electron chi connectivity index (χ0n) is 14.4. The van der Waals surface area contributed by atoms with Crippen LogP contribution in [0.15, 0.2) is 24.3 Å². The number of amides is 1. The largest absolute Gasteiger partial charge is 0.493 e. The Bertz CT molecular complexity index is 535. The predicted molar refractivity (Wildman–Crippen MR) is 92.3 cm³/mol. The van der Waals surface area contributed by atoms with E-state index in [9.17, 15) is 9.59 Å². The molecule has 0 unspecified atom stereocenters. The summed E-state index contributed by atoms with van der Waals surface area (Å²) in [4.78, 5) is 24.3. The molecule has 1 aliphatic rings. The molecule has 1 N–H and O–H groups in total. The van der Waals surface area contributed by atoms with Crippen molar-refractivity contribution in [3.05, 3.63) is 29.8 Å². The van der Waals surface area contributed by atoms with E-state index >= 15 is 0 Å². The molecule has 132 valence electrons. The highest BCUT2D eigenvalue weighted by atomic mass is 16.5. The van der Waals surface area contributed by atoms with Crippen molar-refractivity contribution in [1.29, 1.82) is 0 Å². The number of carbonyl (C=O) groups is 2. The Morgan fingerprint density at radius 2 is 1.83 bits per heavy atom. The number of ether oxygens (including phenoxy) is 1. The van der Waals surface area contributed by atoms with Crippen LogP contribution in [-0.4, -0.2) is 42.1 Å². The predicted octanol–water partition coefficient (Wildman–Crippen LogP) is 3.58. The van der Waals surface area contributed by atoms with Gasteiger partial charge in [-0.2, -0.15) is 0 Å². The number of carbonyl (C=O) groups excluding carboxylic acids is 1. The molecule has 0 spiro atoms. The van der Waals surface area contributed by atoms with Crippen LogP contribution in [0, 0.1) is 5.92 Å². The van der Waals surface area contributed by atoms with E-state index < -0.39 is 5.97 Å². The Balaban J connectivity index is 1.79. The van der Waals surface area contributed by atoms with E-state index in [4.69, 9.17) is 9.84 Å². The average Bonchev–Trinajstić information content (AvgIpc) is 2.60. The first-order chi connectivity index (χ1) is 11.6. The van der Waals surface area contributed by atoms with E-state index in [1.165, 1.54) is 32.1 Å². The zero-order valence-corrected chi connectivity index (χ0v) is 14.4. The summed E-state index contributed by atoms with van der Waals surface area (Å²) in [5.41, 5.74) is 0.595. The van der Waals surface area contributed by atoms with Gasteiger partial charge >= 0.3 is 5.97 Å². The fraction of sp³-hybridized carbons (Fsp3) is 0.579. The van der Waals surface area contributed by atoms with Gasteiger partial charge in [0.05, 0.1) is 6.61 Å². The van der Waals surface area contributed by atoms with Crippen molar-refractivity contribution in [2.24, 2.45) is 5.92 Å². The number of nitrogens with zero attached hydrogens (tertiary/aromatic N) is 1. The molecule has 2 rings (SSSR count). The van der Waals surface area contributed by atoms with E-state index in [-0.39, 0.29) is 12.3 Å². The van der Waals surface area contributed by atoms with Crippen molar-refractivity contribution < 1.29 is 19.4 Å². The highest BCUT2D eigenvalue weighted by molar-refractivity contribution is 5.94. The first-order valence-electron chi connectivity index (χ1n) is 8.76. The molecule has 1 aliphatic carbocycles. The average molecular weight is 333 g/mol. The van der Waals surface area contributed by atoms with Gasteiger partial charge in [-0.25, -0.2) is 0 Å². The van der Waals surface area contributed by atoms with Gasteiger partial charge in [-0.3, -0.25) is 9.59 Å². The van der Waals surface area contributed by atoms with E-state index in [0.717, 1.165) is 12.4 Å². The number of rotatable bonds is 8. The summed E-state index contributed by atoms with van der Waals surface area (Å²) < 4.78 is 5.84. The number of hydrogen-bond donors (Lipinski definition) is 1. The Hall–Kier alpha value is -2.04. The maximum absolute atomic E-state index is 12.3. The number of carboxylic acids is 1. The van der Waals surface area contributed by atoms with Crippen LogP contribution in [0.2, 0.25) is 0 Å². The summed E-state index contributed by atoms with van der Waals surface area (Å²) in [5.74, 6) is 0.514. The maximum atomic E-state index is 12.3. The van der Waals surface area contributed by atoms with Gasteiger partial charge in [-0.15, -0.1) is 0 Å². The van der Waals surface area contributed by atoms with Gasteiger partial charge < -0.3 is 14.7 Å². The summed E-state index contributed by atoms with van der Waals surface area (Å²) >= 11 is 0. The van der Waals surface area contributed by atoms with Crippen LogP contribution in [-0.2, 0) is 4.79 Å². The minimum atomic E-state index is -0.838. The van der Waals surface area contributed by atoms with E-state index in [0.29, 0.717) is 24.4 Å². The van der Waals surface area contributed by atoms with Gasteiger partial charge in [0, 0.05) is 25.6 Å². The Morgan fingerprint density at radius 3 is 2.46 bits per heavy atom. The molecule has 1 aromatic carbocycles. The van der Waals surface area contributed by atoms with Crippen molar-refractivity contribution >= 4 is 11.9 Å². The molecule has 0 aromatic heterocycles. The molecule has 1 fully saturated rings. The second kappa shape index (κ2) is 9.30. The second-order valence-electron chi connectivity index (χ2n) is 6.56. The Labute approximate surface area is 143 Å². The van der Waals surface area contributed by atoms with Gasteiger partial charge in [0.2, 0.25) is 0 Å². The zero-order chi connectivity index (χ0) is 17.4. The van der Waals surface area contributed by atoms with Gasteiger partial charge in [0.1, 0.15) is 5.75 Å². The Morgan fingerprint density at radius 1 is 1.17 bits per heavy atom. The fourth-order valence-corrected chi connectivity index (χ4v) is 3.05. The molecule has 0 saturated heterocycles.